The van der Waals surface area contributed by atoms with E-state index in [1.54, 1.807) is 0 Å². The molecule has 0 amide bonds. The molecule has 7 heavy (non-hydrogen) atoms. The first-order chi connectivity index (χ1) is 3.22. The van der Waals surface area contributed by atoms with Crippen LogP contribution in [0.3, 0.4) is 0 Å². The van der Waals surface area contributed by atoms with Gasteiger partial charge in [0, 0.05) is 0 Å². The maximum Gasteiger partial charge on any atom is 0.311 e. The van der Waals surface area contributed by atoms with Gasteiger partial charge in [0.1, 0.15) is 0 Å². The van der Waals surface area contributed by atoms with Crippen molar-refractivity contribution in [2.45, 2.75) is 13.3 Å². The fourth-order valence-electron chi connectivity index (χ4n) is 0.569. The van der Waals surface area contributed by atoms with Crippen molar-refractivity contribution in [2.24, 2.45) is 5.92 Å². The first-order valence-electron chi connectivity index (χ1n) is 2.31. The highest BCUT2D eigenvalue weighted by atomic mass is 16.4. The molecule has 0 aromatic carbocycles. The van der Waals surface area contributed by atoms with Crippen molar-refractivity contribution in [2.75, 3.05) is 0 Å². The Labute approximate surface area is 42.1 Å². The van der Waals surface area contributed by atoms with E-state index in [9.17, 15) is 4.79 Å². The molecule has 2 heteroatoms. The Morgan fingerprint density at radius 1 is 2.00 bits per heavy atom. The Bertz CT molecular complexity index is 98.3. The van der Waals surface area contributed by atoms with E-state index in [0.717, 1.165) is 6.42 Å². The minimum absolute atomic E-state index is 0.359. The normalized spacial score (nSPS) is 30.1. The lowest BCUT2D eigenvalue weighted by atomic mass is 10.3. The summed E-state index contributed by atoms with van der Waals surface area (Å²) < 4.78 is 0. The highest BCUT2D eigenvalue weighted by Gasteiger charge is 2.40. The molecule has 1 aliphatic rings. The van der Waals surface area contributed by atoms with E-state index in [-0.39, 0.29) is 0 Å². The number of carbonyl (C=O) groups is 1. The van der Waals surface area contributed by atoms with Gasteiger partial charge in [0.2, 0.25) is 0 Å². The molecule has 1 saturated carbocycles. The molecule has 0 aromatic rings. The zero-order valence-electron chi connectivity index (χ0n) is 4.14. The first-order valence-corrected chi connectivity index (χ1v) is 2.31. The molecule has 1 radical (unpaired) electrons. The Kier molecular flexibility index (Phi) is 0.805. The van der Waals surface area contributed by atoms with Gasteiger partial charge in [-0.1, -0.05) is 6.92 Å². The van der Waals surface area contributed by atoms with E-state index in [4.69, 9.17) is 5.11 Å². The van der Waals surface area contributed by atoms with Crippen molar-refractivity contribution in [1.82, 2.24) is 0 Å². The van der Waals surface area contributed by atoms with Crippen LogP contribution in [-0.2, 0) is 4.79 Å². The predicted molar refractivity (Wildman–Crippen MR) is 24.7 cm³/mol. The van der Waals surface area contributed by atoms with Crippen molar-refractivity contribution < 1.29 is 9.90 Å². The molecule has 0 spiro atoms. The topological polar surface area (TPSA) is 37.3 Å². The fraction of sp³-hybridized carbons (Fsp3) is 0.600. The van der Waals surface area contributed by atoms with Crippen LogP contribution in [0.2, 0.25) is 0 Å². The molecule has 1 fully saturated rings. The van der Waals surface area contributed by atoms with Crippen LogP contribution >= 0.6 is 0 Å². The van der Waals surface area contributed by atoms with Gasteiger partial charge >= 0.3 is 5.97 Å². The summed E-state index contributed by atoms with van der Waals surface area (Å²) in [5, 5.41) is 8.19. The van der Waals surface area contributed by atoms with E-state index < -0.39 is 5.97 Å². The Balaban J connectivity index is 2.33. The number of carboxylic acids is 1. The molecular formula is C5H7O2. The van der Waals surface area contributed by atoms with Gasteiger partial charge in [-0.05, 0) is 12.3 Å². The summed E-state index contributed by atoms with van der Waals surface area (Å²) in [6.07, 6.45) is 0.801. The van der Waals surface area contributed by atoms with E-state index in [0.29, 0.717) is 11.8 Å². The molecule has 39 valence electrons. The lowest BCUT2D eigenvalue weighted by molar-refractivity contribution is -0.133. The quantitative estimate of drug-likeness (QED) is 0.525. The van der Waals surface area contributed by atoms with Crippen LogP contribution in [0.4, 0.5) is 0 Å². The predicted octanol–water partition coefficient (Wildman–Crippen LogP) is 0.685. The number of hydrogen-bond donors (Lipinski definition) is 1. The van der Waals surface area contributed by atoms with Crippen LogP contribution in [0.1, 0.15) is 13.3 Å². The molecule has 0 bridgehead atoms. The SMILES string of the molecule is CC1C[C]1C(=O)O. The number of hydrogen-bond acceptors (Lipinski definition) is 1. The minimum Gasteiger partial charge on any atom is -0.481 e. The fourth-order valence-corrected chi connectivity index (χ4v) is 0.569. The number of rotatable bonds is 1. The van der Waals surface area contributed by atoms with Gasteiger partial charge in [-0.15, -0.1) is 0 Å². The largest absolute Gasteiger partial charge is 0.481 e. The van der Waals surface area contributed by atoms with E-state index >= 15 is 0 Å². The molecule has 1 rings (SSSR count). The molecule has 1 N–H and O–H groups in total. The molecule has 2 nitrogen and oxygen atoms in total. The summed E-state index contributed by atoms with van der Waals surface area (Å²) >= 11 is 0. The highest BCUT2D eigenvalue weighted by molar-refractivity contribution is 5.87. The average molecular weight is 99.1 g/mol. The van der Waals surface area contributed by atoms with Crippen LogP contribution < -0.4 is 0 Å². The molecule has 1 aliphatic carbocycles. The lowest BCUT2D eigenvalue weighted by Crippen LogP contribution is -1.94. The van der Waals surface area contributed by atoms with Gasteiger partial charge in [0.25, 0.3) is 0 Å². The van der Waals surface area contributed by atoms with E-state index in [2.05, 4.69) is 0 Å². The molecule has 0 aliphatic heterocycles. The summed E-state index contributed by atoms with van der Waals surface area (Å²) in [4.78, 5) is 9.93. The van der Waals surface area contributed by atoms with Crippen LogP contribution in [0.15, 0.2) is 0 Å². The van der Waals surface area contributed by atoms with Crippen LogP contribution in [0, 0.1) is 11.8 Å². The smallest absolute Gasteiger partial charge is 0.311 e. The Hall–Kier alpha value is -0.530. The van der Waals surface area contributed by atoms with Crippen molar-refractivity contribution in [3.05, 3.63) is 5.92 Å². The molecule has 0 heterocycles. The molecular weight excluding hydrogens is 92.1 g/mol. The monoisotopic (exact) mass is 99.0 g/mol. The van der Waals surface area contributed by atoms with Crippen LogP contribution in [0.5, 0.6) is 0 Å². The minimum atomic E-state index is -0.715. The molecule has 0 saturated heterocycles. The second-order valence-corrected chi connectivity index (χ2v) is 1.94. The maximum atomic E-state index is 9.93. The Morgan fingerprint density at radius 2 is 2.43 bits per heavy atom. The van der Waals surface area contributed by atoms with E-state index in [1.165, 1.54) is 0 Å². The highest BCUT2D eigenvalue weighted by Crippen LogP contribution is 2.39. The summed E-state index contributed by atoms with van der Waals surface area (Å²) in [5.41, 5.74) is 0. The number of aliphatic carboxylic acids is 1. The van der Waals surface area contributed by atoms with Crippen LogP contribution in [0.25, 0.3) is 0 Å². The standard InChI is InChI=1S/C5H7O2/c1-3-2-4(3)5(6)7/h3H,2H2,1H3,(H,6,7). The van der Waals surface area contributed by atoms with E-state index in [1.807, 2.05) is 6.92 Å². The van der Waals surface area contributed by atoms with Gasteiger partial charge in [0.05, 0.1) is 5.92 Å². The summed E-state index contributed by atoms with van der Waals surface area (Å²) in [7, 11) is 0. The Morgan fingerprint density at radius 3 is 2.43 bits per heavy atom. The summed E-state index contributed by atoms with van der Waals surface area (Å²) in [5.74, 6) is 0.324. The van der Waals surface area contributed by atoms with Crippen LogP contribution in [-0.4, -0.2) is 11.1 Å². The average Bonchev–Trinajstić information content (AvgIpc) is 2.17. The first kappa shape index (κ1) is 4.62. The van der Waals surface area contributed by atoms with Gasteiger partial charge < -0.3 is 5.11 Å². The van der Waals surface area contributed by atoms with Crippen molar-refractivity contribution in [3.63, 3.8) is 0 Å². The van der Waals surface area contributed by atoms with Gasteiger partial charge in [0.15, 0.2) is 0 Å². The number of carboxylic acid groups (broad SMARTS) is 1. The lowest BCUT2D eigenvalue weighted by Gasteiger charge is -1.78. The summed E-state index contributed by atoms with van der Waals surface area (Å²) in [6, 6.07) is 0. The molecule has 1 atom stereocenters. The van der Waals surface area contributed by atoms with Crippen molar-refractivity contribution in [1.29, 1.82) is 0 Å². The van der Waals surface area contributed by atoms with Crippen molar-refractivity contribution in [3.8, 4) is 0 Å². The van der Waals surface area contributed by atoms with Crippen molar-refractivity contribution >= 4 is 5.97 Å². The zero-order chi connectivity index (χ0) is 5.44. The summed E-state index contributed by atoms with van der Waals surface area (Å²) in [6.45, 7) is 1.92. The maximum absolute atomic E-state index is 9.93. The third kappa shape index (κ3) is 0.734. The zero-order valence-corrected chi connectivity index (χ0v) is 4.14. The van der Waals surface area contributed by atoms with Gasteiger partial charge in [-0.25, -0.2) is 0 Å². The van der Waals surface area contributed by atoms with Gasteiger partial charge in [-0.2, -0.15) is 0 Å². The molecule has 0 aromatic heterocycles. The van der Waals surface area contributed by atoms with Gasteiger partial charge in [-0.3, -0.25) is 4.79 Å². The third-order valence-electron chi connectivity index (χ3n) is 1.24. The molecule has 1 unspecified atom stereocenters. The second-order valence-electron chi connectivity index (χ2n) is 1.94. The second kappa shape index (κ2) is 1.22. The third-order valence-corrected chi connectivity index (χ3v) is 1.24.